The molecule has 1 fully saturated rings. The molecule has 1 aliphatic rings. The van der Waals surface area contributed by atoms with E-state index in [1.165, 1.54) is 0 Å². The summed E-state index contributed by atoms with van der Waals surface area (Å²) in [5.41, 5.74) is 7.47. The minimum Gasteiger partial charge on any atom is -0.379 e. The first-order valence-electron chi connectivity index (χ1n) is 6.31. The molecule has 0 saturated carbocycles. The highest BCUT2D eigenvalue weighted by molar-refractivity contribution is 6.31. The first-order chi connectivity index (χ1) is 9.24. The lowest BCUT2D eigenvalue weighted by molar-refractivity contribution is 0.0366. The Labute approximate surface area is 116 Å². The number of fused-ring (bicyclic) bond motifs is 1. The van der Waals surface area contributed by atoms with Crippen molar-refractivity contribution >= 4 is 28.7 Å². The van der Waals surface area contributed by atoms with Crippen LogP contribution in [-0.2, 0) is 11.3 Å². The Kier molecular flexibility index (Phi) is 3.54. The number of nitrogens with zero attached hydrogens (tertiary/aromatic N) is 4. The van der Waals surface area contributed by atoms with Crippen molar-refractivity contribution in [3.8, 4) is 0 Å². The molecule has 0 bridgehead atoms. The van der Waals surface area contributed by atoms with Crippen LogP contribution in [0.5, 0.6) is 0 Å². The van der Waals surface area contributed by atoms with Crippen molar-refractivity contribution in [2.75, 3.05) is 38.6 Å². The maximum absolute atomic E-state index is 5.94. The molecule has 3 heterocycles. The zero-order chi connectivity index (χ0) is 13.2. The van der Waals surface area contributed by atoms with Crippen LogP contribution >= 0.6 is 11.6 Å². The van der Waals surface area contributed by atoms with Gasteiger partial charge in [0.2, 0.25) is 5.95 Å². The molecule has 3 rings (SSSR count). The Morgan fingerprint density at radius 3 is 2.89 bits per heavy atom. The van der Waals surface area contributed by atoms with E-state index in [1.54, 1.807) is 12.3 Å². The van der Waals surface area contributed by atoms with Gasteiger partial charge in [0.15, 0.2) is 5.65 Å². The van der Waals surface area contributed by atoms with Gasteiger partial charge in [0.25, 0.3) is 0 Å². The van der Waals surface area contributed by atoms with Gasteiger partial charge >= 0.3 is 0 Å². The molecule has 2 aromatic rings. The van der Waals surface area contributed by atoms with E-state index in [-0.39, 0.29) is 0 Å². The summed E-state index contributed by atoms with van der Waals surface area (Å²) < 4.78 is 7.26. The molecule has 0 amide bonds. The number of nitrogen functional groups attached to an aromatic ring is 1. The van der Waals surface area contributed by atoms with Gasteiger partial charge in [0.05, 0.1) is 18.2 Å². The fraction of sp³-hybridized carbons (Fsp3) is 0.500. The molecular formula is C12H16ClN5O. The van der Waals surface area contributed by atoms with Crippen molar-refractivity contribution in [1.82, 2.24) is 19.4 Å². The highest BCUT2D eigenvalue weighted by atomic mass is 35.5. The lowest BCUT2D eigenvalue weighted by atomic mass is 10.4. The molecule has 19 heavy (non-hydrogen) atoms. The van der Waals surface area contributed by atoms with Crippen molar-refractivity contribution in [2.45, 2.75) is 6.54 Å². The first kappa shape index (κ1) is 12.7. The molecule has 0 aliphatic carbocycles. The molecule has 0 radical (unpaired) electrons. The van der Waals surface area contributed by atoms with Gasteiger partial charge in [-0.25, -0.2) is 9.97 Å². The Morgan fingerprint density at radius 2 is 2.11 bits per heavy atom. The molecule has 0 unspecified atom stereocenters. The van der Waals surface area contributed by atoms with Crippen molar-refractivity contribution in [1.29, 1.82) is 0 Å². The standard InChI is InChI=1S/C12H16ClN5O/c13-9-7-10-11(15-8-9)18(12(14)16-10)2-1-17-3-5-19-6-4-17/h7-8H,1-6H2,(H2,14,16). The minimum atomic E-state index is 0.484. The van der Waals surface area contributed by atoms with Crippen molar-refractivity contribution < 1.29 is 4.74 Å². The van der Waals surface area contributed by atoms with Gasteiger partial charge in [0, 0.05) is 32.4 Å². The number of ether oxygens (including phenoxy) is 1. The summed E-state index contributed by atoms with van der Waals surface area (Å²) >= 11 is 5.90. The van der Waals surface area contributed by atoms with Gasteiger partial charge in [-0.05, 0) is 6.07 Å². The molecule has 7 heteroatoms. The number of imidazole rings is 1. The number of halogens is 1. The second-order valence-electron chi connectivity index (χ2n) is 4.57. The Bertz CT molecular complexity index is 579. The highest BCUT2D eigenvalue weighted by Gasteiger charge is 2.13. The summed E-state index contributed by atoms with van der Waals surface area (Å²) in [6.07, 6.45) is 1.62. The Hall–Kier alpha value is -1.37. The minimum absolute atomic E-state index is 0.484. The third kappa shape index (κ3) is 2.65. The number of nitrogens with two attached hydrogens (primary N) is 1. The van der Waals surface area contributed by atoms with Crippen LogP contribution in [-0.4, -0.2) is 52.3 Å². The second kappa shape index (κ2) is 5.32. The number of hydrogen-bond acceptors (Lipinski definition) is 5. The van der Waals surface area contributed by atoms with Gasteiger partial charge in [-0.3, -0.25) is 9.47 Å². The lowest BCUT2D eigenvalue weighted by Gasteiger charge is -2.26. The van der Waals surface area contributed by atoms with Gasteiger partial charge in [-0.1, -0.05) is 11.6 Å². The summed E-state index contributed by atoms with van der Waals surface area (Å²) in [5.74, 6) is 0.484. The van der Waals surface area contributed by atoms with Crippen LogP contribution in [0.2, 0.25) is 5.02 Å². The fourth-order valence-electron chi connectivity index (χ4n) is 2.29. The topological polar surface area (TPSA) is 69.2 Å². The Morgan fingerprint density at radius 1 is 1.32 bits per heavy atom. The normalized spacial score (nSPS) is 17.1. The third-order valence-electron chi connectivity index (χ3n) is 3.32. The van der Waals surface area contributed by atoms with E-state index in [1.807, 2.05) is 4.57 Å². The summed E-state index contributed by atoms with van der Waals surface area (Å²) in [6.45, 7) is 5.22. The average molecular weight is 282 g/mol. The van der Waals surface area contributed by atoms with Crippen LogP contribution < -0.4 is 5.73 Å². The van der Waals surface area contributed by atoms with E-state index in [2.05, 4.69) is 14.9 Å². The van der Waals surface area contributed by atoms with Crippen LogP contribution in [0.3, 0.4) is 0 Å². The molecular weight excluding hydrogens is 266 g/mol. The van der Waals surface area contributed by atoms with Crippen LogP contribution in [0.4, 0.5) is 5.95 Å². The molecule has 6 nitrogen and oxygen atoms in total. The van der Waals surface area contributed by atoms with E-state index in [0.717, 1.165) is 50.6 Å². The monoisotopic (exact) mass is 281 g/mol. The van der Waals surface area contributed by atoms with E-state index >= 15 is 0 Å². The van der Waals surface area contributed by atoms with Crippen molar-refractivity contribution in [3.05, 3.63) is 17.3 Å². The highest BCUT2D eigenvalue weighted by Crippen LogP contribution is 2.19. The molecule has 1 aliphatic heterocycles. The molecule has 1 saturated heterocycles. The summed E-state index contributed by atoms with van der Waals surface area (Å²) in [6, 6.07) is 1.78. The van der Waals surface area contributed by atoms with Crippen LogP contribution in [0.1, 0.15) is 0 Å². The smallest absolute Gasteiger partial charge is 0.202 e. The SMILES string of the molecule is Nc1nc2cc(Cl)cnc2n1CCN1CCOCC1. The number of morpholine rings is 1. The van der Waals surface area contributed by atoms with Gasteiger partial charge in [0.1, 0.15) is 5.52 Å². The lowest BCUT2D eigenvalue weighted by Crippen LogP contribution is -2.38. The van der Waals surface area contributed by atoms with Crippen molar-refractivity contribution in [2.24, 2.45) is 0 Å². The number of aromatic nitrogens is 3. The zero-order valence-electron chi connectivity index (χ0n) is 10.5. The first-order valence-corrected chi connectivity index (χ1v) is 6.69. The zero-order valence-corrected chi connectivity index (χ0v) is 11.3. The van der Waals surface area contributed by atoms with E-state index in [4.69, 9.17) is 22.1 Å². The molecule has 2 N–H and O–H groups in total. The second-order valence-corrected chi connectivity index (χ2v) is 5.01. The fourth-order valence-corrected chi connectivity index (χ4v) is 2.44. The van der Waals surface area contributed by atoms with Gasteiger partial charge in [-0.2, -0.15) is 0 Å². The Balaban J connectivity index is 1.78. The van der Waals surface area contributed by atoms with E-state index < -0.39 is 0 Å². The molecule has 0 spiro atoms. The average Bonchev–Trinajstić information content (AvgIpc) is 2.72. The summed E-state index contributed by atoms with van der Waals surface area (Å²) in [7, 11) is 0. The van der Waals surface area contributed by atoms with Crippen LogP contribution in [0.25, 0.3) is 11.2 Å². The van der Waals surface area contributed by atoms with Crippen LogP contribution in [0, 0.1) is 0 Å². The van der Waals surface area contributed by atoms with Gasteiger partial charge in [-0.15, -0.1) is 0 Å². The molecule has 2 aromatic heterocycles. The molecule has 0 atom stereocenters. The number of anilines is 1. The van der Waals surface area contributed by atoms with Crippen LogP contribution in [0.15, 0.2) is 12.3 Å². The third-order valence-corrected chi connectivity index (χ3v) is 3.53. The number of rotatable bonds is 3. The van der Waals surface area contributed by atoms with Crippen molar-refractivity contribution in [3.63, 3.8) is 0 Å². The molecule has 0 aromatic carbocycles. The van der Waals surface area contributed by atoms with E-state index in [0.29, 0.717) is 11.0 Å². The summed E-state index contributed by atoms with van der Waals surface area (Å²) in [5, 5.41) is 0.574. The quantitative estimate of drug-likeness (QED) is 0.909. The number of pyridine rings is 1. The maximum atomic E-state index is 5.94. The number of hydrogen-bond donors (Lipinski definition) is 1. The van der Waals surface area contributed by atoms with E-state index in [9.17, 15) is 0 Å². The molecule has 102 valence electrons. The predicted molar refractivity (Wildman–Crippen MR) is 74.2 cm³/mol. The predicted octanol–water partition coefficient (Wildman–Crippen LogP) is 0.999. The van der Waals surface area contributed by atoms with Gasteiger partial charge < -0.3 is 10.5 Å². The summed E-state index contributed by atoms with van der Waals surface area (Å²) in [4.78, 5) is 11.0. The maximum Gasteiger partial charge on any atom is 0.202 e. The largest absolute Gasteiger partial charge is 0.379 e.